The first kappa shape index (κ1) is 12.4. The van der Waals surface area contributed by atoms with E-state index in [4.69, 9.17) is 9.47 Å². The van der Waals surface area contributed by atoms with Crippen molar-refractivity contribution < 1.29 is 9.47 Å². The van der Waals surface area contributed by atoms with E-state index in [1.165, 1.54) is 11.1 Å². The Labute approximate surface area is 95.0 Å². The SMILES string of the molecule is COC(OC)C([Si])Cc1ccccc1C. The van der Waals surface area contributed by atoms with Gasteiger partial charge in [0.25, 0.3) is 0 Å². The fourth-order valence-corrected chi connectivity index (χ4v) is 2.09. The molecule has 2 nitrogen and oxygen atoms in total. The number of hydrogen-bond acceptors (Lipinski definition) is 2. The summed E-state index contributed by atoms with van der Waals surface area (Å²) in [7, 11) is 6.94. The average Bonchev–Trinajstić information content (AvgIpc) is 2.23. The summed E-state index contributed by atoms with van der Waals surface area (Å²) in [6, 6.07) is 8.34. The molecule has 0 aromatic heterocycles. The van der Waals surface area contributed by atoms with Crippen LogP contribution in [-0.2, 0) is 15.9 Å². The van der Waals surface area contributed by atoms with Gasteiger partial charge in [-0.3, -0.25) is 0 Å². The third-order valence-electron chi connectivity index (χ3n) is 2.49. The predicted molar refractivity (Wildman–Crippen MR) is 62.2 cm³/mol. The lowest BCUT2D eigenvalue weighted by Gasteiger charge is -2.21. The Bertz CT molecular complexity index is 297. The first-order valence-corrected chi connectivity index (χ1v) is 5.58. The van der Waals surface area contributed by atoms with Gasteiger partial charge in [-0.05, 0) is 24.5 Å². The molecule has 0 aliphatic heterocycles. The summed E-state index contributed by atoms with van der Waals surface area (Å²) in [6.07, 6.45) is 0.692. The molecule has 1 aromatic carbocycles. The maximum absolute atomic E-state index is 5.20. The highest BCUT2D eigenvalue weighted by Gasteiger charge is 2.16. The second kappa shape index (κ2) is 6.05. The lowest BCUT2D eigenvalue weighted by atomic mass is 10.0. The zero-order valence-corrected chi connectivity index (χ0v) is 10.5. The van der Waals surface area contributed by atoms with Gasteiger partial charge in [-0.15, -0.1) is 0 Å². The molecule has 0 N–H and O–H groups in total. The summed E-state index contributed by atoms with van der Waals surface area (Å²) in [5.74, 6) is 0. The summed E-state index contributed by atoms with van der Waals surface area (Å²) in [5.41, 5.74) is 2.78. The van der Waals surface area contributed by atoms with E-state index in [0.717, 1.165) is 6.42 Å². The van der Waals surface area contributed by atoms with E-state index >= 15 is 0 Å². The largest absolute Gasteiger partial charge is 0.356 e. The molecular formula is C12H17O2Si. The molecule has 15 heavy (non-hydrogen) atoms. The summed E-state index contributed by atoms with van der Waals surface area (Å²) >= 11 is 0. The molecule has 3 radical (unpaired) electrons. The molecule has 0 heterocycles. The third-order valence-corrected chi connectivity index (χ3v) is 2.97. The van der Waals surface area contributed by atoms with E-state index in [9.17, 15) is 0 Å². The number of rotatable bonds is 5. The van der Waals surface area contributed by atoms with E-state index in [0.29, 0.717) is 0 Å². The Morgan fingerprint density at radius 3 is 2.33 bits per heavy atom. The van der Waals surface area contributed by atoms with Crippen LogP contribution in [0.4, 0.5) is 0 Å². The average molecular weight is 221 g/mol. The quantitative estimate of drug-likeness (QED) is 0.560. The Morgan fingerprint density at radius 1 is 1.20 bits per heavy atom. The van der Waals surface area contributed by atoms with Gasteiger partial charge in [-0.2, -0.15) is 0 Å². The lowest BCUT2D eigenvalue weighted by Crippen LogP contribution is -2.22. The molecule has 0 saturated heterocycles. The number of benzene rings is 1. The van der Waals surface area contributed by atoms with Crippen LogP contribution in [0.5, 0.6) is 0 Å². The van der Waals surface area contributed by atoms with Gasteiger partial charge in [-0.1, -0.05) is 24.3 Å². The molecule has 0 aliphatic rings. The van der Waals surface area contributed by atoms with Crippen molar-refractivity contribution >= 4 is 10.2 Å². The summed E-state index contributed by atoms with van der Waals surface area (Å²) < 4.78 is 10.4. The summed E-state index contributed by atoms with van der Waals surface area (Å²) in [5, 5.41) is 0. The van der Waals surface area contributed by atoms with Crippen LogP contribution >= 0.6 is 0 Å². The molecule has 0 spiro atoms. The van der Waals surface area contributed by atoms with Gasteiger partial charge in [0.05, 0.1) is 0 Å². The molecule has 81 valence electrons. The molecule has 3 heteroatoms. The Balaban J connectivity index is 2.65. The minimum Gasteiger partial charge on any atom is -0.356 e. The zero-order chi connectivity index (χ0) is 11.3. The highest BCUT2D eigenvalue weighted by Crippen LogP contribution is 2.19. The summed E-state index contributed by atoms with van der Waals surface area (Å²) in [6.45, 7) is 2.11. The lowest BCUT2D eigenvalue weighted by molar-refractivity contribution is -0.104. The van der Waals surface area contributed by atoms with Crippen molar-refractivity contribution in [3.05, 3.63) is 35.4 Å². The van der Waals surface area contributed by atoms with E-state index in [1.54, 1.807) is 14.2 Å². The van der Waals surface area contributed by atoms with Gasteiger partial charge in [0.1, 0.15) is 0 Å². The number of methoxy groups -OCH3 is 2. The van der Waals surface area contributed by atoms with Crippen molar-refractivity contribution in [1.82, 2.24) is 0 Å². The van der Waals surface area contributed by atoms with Crippen molar-refractivity contribution in [3.8, 4) is 0 Å². The van der Waals surface area contributed by atoms with Crippen LogP contribution < -0.4 is 0 Å². The molecule has 1 atom stereocenters. The van der Waals surface area contributed by atoms with Crippen LogP contribution in [0.3, 0.4) is 0 Å². The van der Waals surface area contributed by atoms with E-state index in [-0.39, 0.29) is 11.8 Å². The first-order valence-electron chi connectivity index (χ1n) is 5.00. The second-order valence-electron chi connectivity index (χ2n) is 3.58. The fraction of sp³-hybridized carbons (Fsp3) is 0.500. The van der Waals surface area contributed by atoms with Gasteiger partial charge in [0.15, 0.2) is 6.29 Å². The normalized spacial score (nSPS) is 13.1. The number of aryl methyl sites for hydroxylation is 1. The second-order valence-corrected chi connectivity index (χ2v) is 4.32. The van der Waals surface area contributed by atoms with Crippen LogP contribution in [-0.4, -0.2) is 30.8 Å². The molecule has 0 saturated carbocycles. The fourth-order valence-electron chi connectivity index (χ4n) is 1.60. The number of hydrogen-bond donors (Lipinski definition) is 0. The van der Waals surface area contributed by atoms with Gasteiger partial charge >= 0.3 is 0 Å². The van der Waals surface area contributed by atoms with E-state index in [1.807, 2.05) is 6.07 Å². The minimum atomic E-state index is -0.207. The van der Waals surface area contributed by atoms with E-state index in [2.05, 4.69) is 35.4 Å². The molecule has 0 fully saturated rings. The van der Waals surface area contributed by atoms with Crippen LogP contribution in [0.1, 0.15) is 11.1 Å². The van der Waals surface area contributed by atoms with Crippen LogP contribution in [0.15, 0.2) is 24.3 Å². The van der Waals surface area contributed by atoms with Crippen molar-refractivity contribution in [2.45, 2.75) is 25.2 Å². The van der Waals surface area contributed by atoms with Crippen LogP contribution in [0.2, 0.25) is 5.54 Å². The number of ether oxygens (including phenoxy) is 2. The van der Waals surface area contributed by atoms with Gasteiger partial charge < -0.3 is 9.47 Å². The third kappa shape index (κ3) is 3.45. The minimum absolute atomic E-state index is 0.168. The van der Waals surface area contributed by atoms with Gasteiger partial charge in [-0.25, -0.2) is 0 Å². The Hall–Kier alpha value is -0.643. The predicted octanol–water partition coefficient (Wildman–Crippen LogP) is 2.11. The molecular weight excluding hydrogens is 204 g/mol. The first-order chi connectivity index (χ1) is 7.19. The molecule has 1 unspecified atom stereocenters. The van der Waals surface area contributed by atoms with Crippen molar-refractivity contribution in [3.63, 3.8) is 0 Å². The van der Waals surface area contributed by atoms with E-state index < -0.39 is 0 Å². The maximum Gasteiger partial charge on any atom is 0.156 e. The Kier molecular flexibility index (Phi) is 5.01. The molecule has 1 aromatic rings. The molecule has 0 amide bonds. The summed E-state index contributed by atoms with van der Waals surface area (Å²) in [4.78, 5) is 0. The smallest absolute Gasteiger partial charge is 0.156 e. The van der Waals surface area contributed by atoms with Gasteiger partial charge in [0, 0.05) is 30.0 Å². The topological polar surface area (TPSA) is 18.5 Å². The zero-order valence-electron chi connectivity index (χ0n) is 9.49. The Morgan fingerprint density at radius 2 is 1.80 bits per heavy atom. The van der Waals surface area contributed by atoms with Gasteiger partial charge in [0.2, 0.25) is 0 Å². The van der Waals surface area contributed by atoms with Crippen molar-refractivity contribution in [2.75, 3.05) is 14.2 Å². The molecule has 0 bridgehead atoms. The monoisotopic (exact) mass is 221 g/mol. The van der Waals surface area contributed by atoms with Crippen molar-refractivity contribution in [1.29, 1.82) is 0 Å². The van der Waals surface area contributed by atoms with Crippen molar-refractivity contribution in [2.24, 2.45) is 0 Å². The van der Waals surface area contributed by atoms with Crippen LogP contribution in [0.25, 0.3) is 0 Å². The maximum atomic E-state index is 5.20. The van der Waals surface area contributed by atoms with Crippen LogP contribution in [0, 0.1) is 6.92 Å². The highest BCUT2D eigenvalue weighted by molar-refractivity contribution is 6.12. The highest BCUT2D eigenvalue weighted by atomic mass is 28.1. The molecule has 1 rings (SSSR count). The molecule has 0 aliphatic carbocycles. The standard InChI is InChI=1S/C12H17O2Si/c1-9-6-4-5-7-10(9)8-11(15)12(13-2)14-3/h4-7,11-12H,8H2,1-3H3.